The Morgan fingerprint density at radius 2 is 1.36 bits per heavy atom. The lowest BCUT2D eigenvalue weighted by Crippen LogP contribution is -2.06. The van der Waals surface area contributed by atoms with E-state index >= 15 is 0 Å². The summed E-state index contributed by atoms with van der Waals surface area (Å²) in [5, 5.41) is 0. The van der Waals surface area contributed by atoms with Gasteiger partial charge in [0.2, 0.25) is 0 Å². The molecule has 1 saturated heterocycles. The van der Waals surface area contributed by atoms with Gasteiger partial charge in [0.15, 0.2) is 0 Å². The molecule has 86 valence electrons. The van der Waals surface area contributed by atoms with E-state index in [4.69, 9.17) is 9.47 Å². The summed E-state index contributed by atoms with van der Waals surface area (Å²) >= 11 is 0. The van der Waals surface area contributed by atoms with E-state index in [2.05, 4.69) is 27.7 Å². The van der Waals surface area contributed by atoms with Crippen molar-refractivity contribution in [3.05, 3.63) is 0 Å². The summed E-state index contributed by atoms with van der Waals surface area (Å²) in [5.74, 6) is 1.34. The van der Waals surface area contributed by atoms with Gasteiger partial charge in [-0.2, -0.15) is 0 Å². The Labute approximate surface area is 89.0 Å². The van der Waals surface area contributed by atoms with Crippen LogP contribution in [0.3, 0.4) is 0 Å². The summed E-state index contributed by atoms with van der Waals surface area (Å²) in [6.45, 7) is 12.5. The van der Waals surface area contributed by atoms with E-state index < -0.39 is 0 Å². The predicted octanol–water partition coefficient (Wildman–Crippen LogP) is 3.11. The Balaban J connectivity index is 0.000000280. The molecule has 1 aliphatic heterocycles. The molecule has 0 atom stereocenters. The highest BCUT2D eigenvalue weighted by Crippen LogP contribution is 1.98. The minimum absolute atomic E-state index is 0.670. The van der Waals surface area contributed by atoms with Crippen molar-refractivity contribution in [2.24, 2.45) is 11.8 Å². The van der Waals surface area contributed by atoms with Crippen LogP contribution in [0, 0.1) is 11.8 Å². The third kappa shape index (κ3) is 11.9. The largest absolute Gasteiger partial charge is 0.381 e. The Bertz CT molecular complexity index is 91.3. The molecule has 0 bridgehead atoms. The molecular weight excluding hydrogens is 176 g/mol. The van der Waals surface area contributed by atoms with Gasteiger partial charge in [-0.05, 0) is 24.7 Å². The van der Waals surface area contributed by atoms with Crippen molar-refractivity contribution in [3.8, 4) is 0 Å². The molecule has 0 spiro atoms. The second kappa shape index (κ2) is 9.47. The van der Waals surface area contributed by atoms with E-state index in [9.17, 15) is 0 Å². The molecule has 0 aromatic rings. The van der Waals surface area contributed by atoms with Crippen molar-refractivity contribution in [1.82, 2.24) is 0 Å². The van der Waals surface area contributed by atoms with Crippen LogP contribution in [-0.2, 0) is 9.47 Å². The zero-order valence-corrected chi connectivity index (χ0v) is 10.2. The molecule has 2 nitrogen and oxygen atoms in total. The third-order valence-electron chi connectivity index (χ3n) is 1.73. The average Bonchev–Trinajstić information content (AvgIpc) is 2.58. The smallest absolute Gasteiger partial charge is 0.0489 e. The van der Waals surface area contributed by atoms with E-state index in [0.717, 1.165) is 26.4 Å². The van der Waals surface area contributed by atoms with Crippen molar-refractivity contribution in [2.45, 2.75) is 40.5 Å². The number of hydrogen-bond acceptors (Lipinski definition) is 2. The minimum atomic E-state index is 0.670. The van der Waals surface area contributed by atoms with Crippen LogP contribution in [0.2, 0.25) is 0 Å². The van der Waals surface area contributed by atoms with Crippen LogP contribution >= 0.6 is 0 Å². The molecule has 2 heteroatoms. The van der Waals surface area contributed by atoms with Crippen LogP contribution in [0.25, 0.3) is 0 Å². The van der Waals surface area contributed by atoms with Crippen molar-refractivity contribution in [2.75, 3.05) is 26.4 Å². The molecule has 0 aromatic carbocycles. The van der Waals surface area contributed by atoms with Crippen LogP contribution in [0.4, 0.5) is 0 Å². The molecule has 0 amide bonds. The molecule has 0 saturated carbocycles. The van der Waals surface area contributed by atoms with E-state index in [0.29, 0.717) is 11.8 Å². The SMILES string of the molecule is C1CCOC1.CC(C)COCC(C)C. The molecular formula is C12H26O2. The summed E-state index contributed by atoms with van der Waals surface area (Å²) in [7, 11) is 0. The second-order valence-electron chi connectivity index (χ2n) is 4.64. The maximum absolute atomic E-state index is 5.36. The van der Waals surface area contributed by atoms with Gasteiger partial charge < -0.3 is 9.47 Å². The highest BCUT2D eigenvalue weighted by atomic mass is 16.5. The fourth-order valence-corrected chi connectivity index (χ4v) is 1.05. The molecule has 1 heterocycles. The van der Waals surface area contributed by atoms with Gasteiger partial charge in [0, 0.05) is 26.4 Å². The van der Waals surface area contributed by atoms with Gasteiger partial charge in [0.25, 0.3) is 0 Å². The quantitative estimate of drug-likeness (QED) is 0.697. The highest BCUT2D eigenvalue weighted by molar-refractivity contribution is 4.43. The van der Waals surface area contributed by atoms with Crippen molar-refractivity contribution < 1.29 is 9.47 Å². The zero-order valence-electron chi connectivity index (χ0n) is 10.2. The van der Waals surface area contributed by atoms with Gasteiger partial charge in [0.1, 0.15) is 0 Å². The van der Waals surface area contributed by atoms with Gasteiger partial charge in [-0.1, -0.05) is 27.7 Å². The van der Waals surface area contributed by atoms with Crippen LogP contribution < -0.4 is 0 Å². The fraction of sp³-hybridized carbons (Fsp3) is 1.00. The first-order valence-electron chi connectivity index (χ1n) is 5.78. The van der Waals surface area contributed by atoms with Gasteiger partial charge >= 0.3 is 0 Å². The molecule has 0 radical (unpaired) electrons. The van der Waals surface area contributed by atoms with E-state index in [-0.39, 0.29) is 0 Å². The topological polar surface area (TPSA) is 18.5 Å². The number of hydrogen-bond donors (Lipinski definition) is 0. The molecule has 0 N–H and O–H groups in total. The van der Waals surface area contributed by atoms with E-state index in [1.807, 2.05) is 0 Å². The summed E-state index contributed by atoms with van der Waals surface area (Å²) in [4.78, 5) is 0. The lowest BCUT2D eigenvalue weighted by molar-refractivity contribution is 0.0886. The molecule has 1 fully saturated rings. The van der Waals surface area contributed by atoms with Crippen molar-refractivity contribution in [3.63, 3.8) is 0 Å². The number of ether oxygens (including phenoxy) is 2. The lowest BCUT2D eigenvalue weighted by Gasteiger charge is -2.07. The molecule has 0 aliphatic carbocycles. The maximum atomic E-state index is 5.36. The van der Waals surface area contributed by atoms with Gasteiger partial charge in [-0.3, -0.25) is 0 Å². The van der Waals surface area contributed by atoms with Crippen LogP contribution in [0.5, 0.6) is 0 Å². The second-order valence-corrected chi connectivity index (χ2v) is 4.64. The van der Waals surface area contributed by atoms with Crippen LogP contribution in [-0.4, -0.2) is 26.4 Å². The Morgan fingerprint density at radius 3 is 1.57 bits per heavy atom. The Morgan fingerprint density at radius 1 is 0.929 bits per heavy atom. The van der Waals surface area contributed by atoms with Gasteiger partial charge in [-0.15, -0.1) is 0 Å². The Kier molecular flexibility index (Phi) is 9.42. The van der Waals surface area contributed by atoms with Gasteiger partial charge in [-0.25, -0.2) is 0 Å². The average molecular weight is 202 g/mol. The predicted molar refractivity (Wildman–Crippen MR) is 60.5 cm³/mol. The first kappa shape index (κ1) is 13.9. The van der Waals surface area contributed by atoms with Crippen LogP contribution in [0.1, 0.15) is 40.5 Å². The van der Waals surface area contributed by atoms with E-state index in [1.54, 1.807) is 0 Å². The van der Waals surface area contributed by atoms with Gasteiger partial charge in [0.05, 0.1) is 0 Å². The minimum Gasteiger partial charge on any atom is -0.381 e. The normalized spacial score (nSPS) is 15.9. The maximum Gasteiger partial charge on any atom is 0.0489 e. The third-order valence-corrected chi connectivity index (χ3v) is 1.73. The van der Waals surface area contributed by atoms with Crippen molar-refractivity contribution in [1.29, 1.82) is 0 Å². The monoisotopic (exact) mass is 202 g/mol. The molecule has 1 rings (SSSR count). The first-order chi connectivity index (χ1) is 6.63. The standard InChI is InChI=1S/C8H18O.C4H8O/c1-7(2)5-9-6-8(3)4;1-2-4-5-3-1/h7-8H,5-6H2,1-4H3;1-4H2. The molecule has 1 aliphatic rings. The fourth-order valence-electron chi connectivity index (χ4n) is 1.05. The molecule has 0 aromatic heterocycles. The first-order valence-corrected chi connectivity index (χ1v) is 5.78. The van der Waals surface area contributed by atoms with E-state index in [1.165, 1.54) is 12.8 Å². The molecule has 0 unspecified atom stereocenters. The molecule has 14 heavy (non-hydrogen) atoms. The zero-order chi connectivity index (χ0) is 10.8. The summed E-state index contributed by atoms with van der Waals surface area (Å²) < 4.78 is 10.3. The summed E-state index contributed by atoms with van der Waals surface area (Å²) in [6, 6.07) is 0. The number of rotatable bonds is 4. The Hall–Kier alpha value is -0.0800. The van der Waals surface area contributed by atoms with Crippen LogP contribution in [0.15, 0.2) is 0 Å². The summed E-state index contributed by atoms with van der Waals surface area (Å²) in [6.07, 6.45) is 2.56. The highest BCUT2D eigenvalue weighted by Gasteiger charge is 1.95. The summed E-state index contributed by atoms with van der Waals surface area (Å²) in [5.41, 5.74) is 0. The lowest BCUT2D eigenvalue weighted by atomic mass is 10.2. The van der Waals surface area contributed by atoms with Crippen molar-refractivity contribution >= 4 is 0 Å².